The summed E-state index contributed by atoms with van der Waals surface area (Å²) < 4.78 is 11.0. The average Bonchev–Trinajstić information content (AvgIpc) is 3.25. The summed E-state index contributed by atoms with van der Waals surface area (Å²) in [4.78, 5) is 15.6. The number of thioether (sulfide) groups is 1. The van der Waals surface area contributed by atoms with E-state index in [2.05, 4.69) is 15.5 Å². The van der Waals surface area contributed by atoms with E-state index in [1.54, 1.807) is 18.0 Å². The predicted octanol–water partition coefficient (Wildman–Crippen LogP) is 3.41. The first-order valence-electron chi connectivity index (χ1n) is 8.77. The van der Waals surface area contributed by atoms with Gasteiger partial charge in [-0.2, -0.15) is 0 Å². The van der Waals surface area contributed by atoms with Crippen molar-refractivity contribution in [3.8, 4) is 0 Å². The molecule has 6 nitrogen and oxygen atoms in total. The van der Waals surface area contributed by atoms with E-state index in [1.165, 1.54) is 0 Å². The number of hydrogen-bond acceptors (Lipinski definition) is 5. The Balaban J connectivity index is 1.48. The van der Waals surface area contributed by atoms with E-state index in [9.17, 15) is 4.79 Å². The third-order valence-corrected chi connectivity index (χ3v) is 5.25. The maximum Gasteiger partial charge on any atom is 0.319 e. The van der Waals surface area contributed by atoms with Gasteiger partial charge in [0.2, 0.25) is 0 Å². The molecule has 1 aromatic heterocycles. The first kappa shape index (κ1) is 18.8. The fourth-order valence-electron chi connectivity index (χ4n) is 3.00. The second-order valence-electron chi connectivity index (χ2n) is 6.31. The Morgan fingerprint density at radius 2 is 2.12 bits per heavy atom. The lowest BCUT2D eigenvalue weighted by molar-refractivity contribution is 0.0568. The summed E-state index contributed by atoms with van der Waals surface area (Å²) >= 11 is 1.69. The molecule has 2 N–H and O–H groups in total. The molecule has 2 aromatic rings. The predicted molar refractivity (Wildman–Crippen MR) is 104 cm³/mol. The van der Waals surface area contributed by atoms with Crippen LogP contribution in [0.3, 0.4) is 0 Å². The number of ether oxygens (including phenoxy) is 1. The molecule has 7 heteroatoms. The number of nitrogens with one attached hydrogen (secondary N) is 2. The van der Waals surface area contributed by atoms with Gasteiger partial charge in [0, 0.05) is 30.3 Å². The van der Waals surface area contributed by atoms with Gasteiger partial charge in [0.25, 0.3) is 0 Å². The number of benzene rings is 1. The van der Waals surface area contributed by atoms with Crippen LogP contribution in [0.4, 0.5) is 10.5 Å². The average molecular weight is 375 g/mol. The van der Waals surface area contributed by atoms with Gasteiger partial charge in [0.1, 0.15) is 5.76 Å². The number of amides is 2. The second-order valence-corrected chi connectivity index (χ2v) is 7.36. The van der Waals surface area contributed by atoms with Gasteiger partial charge in [0.05, 0.1) is 24.2 Å². The van der Waals surface area contributed by atoms with Crippen LogP contribution < -0.4 is 10.6 Å². The van der Waals surface area contributed by atoms with Crippen molar-refractivity contribution in [3.63, 3.8) is 0 Å². The monoisotopic (exact) mass is 375 g/mol. The molecule has 0 aliphatic carbocycles. The Bertz CT molecular complexity index is 691. The first-order chi connectivity index (χ1) is 12.6. The maximum atomic E-state index is 12.3. The first-order valence-corrected chi connectivity index (χ1v) is 9.75. The highest BCUT2D eigenvalue weighted by Gasteiger charge is 2.32. The van der Waals surface area contributed by atoms with E-state index in [-0.39, 0.29) is 18.2 Å². The number of hydrogen-bond donors (Lipinski definition) is 2. The number of furan rings is 1. The molecule has 1 fully saturated rings. The van der Waals surface area contributed by atoms with Crippen LogP contribution in [0.5, 0.6) is 0 Å². The molecule has 2 unspecified atom stereocenters. The van der Waals surface area contributed by atoms with E-state index in [0.717, 1.165) is 35.2 Å². The van der Waals surface area contributed by atoms with Crippen molar-refractivity contribution in [1.29, 1.82) is 0 Å². The van der Waals surface area contributed by atoms with Crippen LogP contribution >= 0.6 is 11.8 Å². The molecular formula is C19H25N3O3S. The minimum absolute atomic E-state index is 0.00285. The van der Waals surface area contributed by atoms with Crippen molar-refractivity contribution >= 4 is 23.5 Å². The van der Waals surface area contributed by atoms with Gasteiger partial charge in [-0.25, -0.2) is 4.79 Å². The van der Waals surface area contributed by atoms with Crippen molar-refractivity contribution in [2.75, 3.05) is 32.1 Å². The molecule has 3 rings (SSSR count). The Morgan fingerprint density at radius 3 is 2.81 bits per heavy atom. The minimum Gasteiger partial charge on any atom is -0.468 e. The van der Waals surface area contributed by atoms with E-state index >= 15 is 0 Å². The zero-order valence-electron chi connectivity index (χ0n) is 15.1. The fourth-order valence-corrected chi connectivity index (χ4v) is 3.80. The number of carbonyl (C=O) groups excluding carboxylic acids is 1. The normalized spacial score (nSPS) is 20.2. The van der Waals surface area contributed by atoms with Gasteiger partial charge in [-0.15, -0.1) is 11.8 Å². The minimum atomic E-state index is -0.203. The van der Waals surface area contributed by atoms with Crippen molar-refractivity contribution in [2.24, 2.45) is 0 Å². The smallest absolute Gasteiger partial charge is 0.319 e. The molecule has 0 spiro atoms. The molecule has 2 amide bonds. The zero-order chi connectivity index (χ0) is 18.4. The lowest BCUT2D eigenvalue weighted by atomic mass is 10.2. The summed E-state index contributed by atoms with van der Waals surface area (Å²) in [5.41, 5.74) is 0.768. The number of likely N-dealkylation sites (tertiary alicyclic amines) is 1. The number of carbonyl (C=O) groups is 1. The Morgan fingerprint density at radius 1 is 1.31 bits per heavy atom. The highest BCUT2D eigenvalue weighted by molar-refractivity contribution is 7.98. The van der Waals surface area contributed by atoms with E-state index in [4.69, 9.17) is 9.15 Å². The molecule has 0 bridgehead atoms. The molecule has 140 valence electrons. The standard InChI is InChI=1S/C19H25N3O3S/c1-3-24-18-12-22(2)11-17(18)21-19(23)20-14-6-8-16(9-7-14)26-13-15-5-4-10-25-15/h4-10,17-18H,3,11-13H2,1-2H3,(H2,20,21,23). The van der Waals surface area contributed by atoms with Gasteiger partial charge in [0.15, 0.2) is 0 Å². The van der Waals surface area contributed by atoms with E-state index in [0.29, 0.717) is 6.61 Å². The summed E-state index contributed by atoms with van der Waals surface area (Å²) in [6.07, 6.45) is 1.72. The summed E-state index contributed by atoms with van der Waals surface area (Å²) in [6.45, 7) is 4.25. The molecule has 0 saturated carbocycles. The lowest BCUT2D eigenvalue weighted by Gasteiger charge is -2.20. The van der Waals surface area contributed by atoms with Gasteiger partial charge < -0.3 is 24.7 Å². The second kappa shape index (κ2) is 9.12. The summed E-state index contributed by atoms with van der Waals surface area (Å²) in [5.74, 6) is 1.73. The molecule has 2 atom stereocenters. The molecule has 1 aliphatic heterocycles. The largest absolute Gasteiger partial charge is 0.468 e. The quantitative estimate of drug-likeness (QED) is 0.726. The molecule has 1 aliphatic rings. The molecular weight excluding hydrogens is 350 g/mol. The van der Waals surface area contributed by atoms with Crippen LogP contribution in [0.1, 0.15) is 12.7 Å². The van der Waals surface area contributed by atoms with Crippen LogP contribution in [0.25, 0.3) is 0 Å². The number of urea groups is 1. The van der Waals surface area contributed by atoms with Crippen LogP contribution in [-0.4, -0.2) is 49.8 Å². The van der Waals surface area contributed by atoms with Gasteiger partial charge >= 0.3 is 6.03 Å². The van der Waals surface area contributed by atoms with Crippen molar-refractivity contribution in [1.82, 2.24) is 10.2 Å². The topological polar surface area (TPSA) is 66.7 Å². The van der Waals surface area contributed by atoms with Gasteiger partial charge in [-0.05, 0) is 50.4 Å². The Kier molecular flexibility index (Phi) is 6.60. The number of rotatable bonds is 7. The van der Waals surface area contributed by atoms with Gasteiger partial charge in [-0.1, -0.05) is 0 Å². The van der Waals surface area contributed by atoms with Crippen molar-refractivity contribution in [2.45, 2.75) is 29.7 Å². The van der Waals surface area contributed by atoms with Crippen LogP contribution in [-0.2, 0) is 10.5 Å². The Hall–Kier alpha value is -1.96. The lowest BCUT2D eigenvalue weighted by Crippen LogP contribution is -2.45. The van der Waals surface area contributed by atoms with Gasteiger partial charge in [-0.3, -0.25) is 0 Å². The SMILES string of the molecule is CCOC1CN(C)CC1NC(=O)Nc1ccc(SCc2ccco2)cc1. The Labute approximate surface area is 158 Å². The summed E-state index contributed by atoms with van der Waals surface area (Å²) in [7, 11) is 2.03. The maximum absolute atomic E-state index is 12.3. The molecule has 1 saturated heterocycles. The van der Waals surface area contributed by atoms with Crippen LogP contribution in [0, 0.1) is 0 Å². The fraction of sp³-hybridized carbons (Fsp3) is 0.421. The molecule has 0 radical (unpaired) electrons. The number of likely N-dealkylation sites (N-methyl/N-ethyl adjacent to an activating group) is 1. The number of nitrogens with zero attached hydrogens (tertiary/aromatic N) is 1. The van der Waals surface area contributed by atoms with Crippen molar-refractivity contribution in [3.05, 3.63) is 48.4 Å². The molecule has 26 heavy (non-hydrogen) atoms. The third kappa shape index (κ3) is 5.27. The van der Waals surface area contributed by atoms with E-state index < -0.39 is 0 Å². The van der Waals surface area contributed by atoms with Crippen LogP contribution in [0.2, 0.25) is 0 Å². The summed E-state index contributed by atoms with van der Waals surface area (Å²) in [6, 6.07) is 11.5. The highest BCUT2D eigenvalue weighted by Crippen LogP contribution is 2.24. The highest BCUT2D eigenvalue weighted by atomic mass is 32.2. The van der Waals surface area contributed by atoms with E-state index in [1.807, 2.05) is 50.4 Å². The molecule has 2 heterocycles. The summed E-state index contributed by atoms with van der Waals surface area (Å²) in [5, 5.41) is 5.91. The third-order valence-electron chi connectivity index (χ3n) is 4.22. The zero-order valence-corrected chi connectivity index (χ0v) is 15.9. The molecule has 1 aromatic carbocycles. The number of anilines is 1. The van der Waals surface area contributed by atoms with Crippen molar-refractivity contribution < 1.29 is 13.9 Å². The van der Waals surface area contributed by atoms with Crippen LogP contribution in [0.15, 0.2) is 52.0 Å².